The van der Waals surface area contributed by atoms with Gasteiger partial charge in [-0.05, 0) is 37.9 Å². The molecule has 8 heteroatoms. The van der Waals surface area contributed by atoms with E-state index in [1.807, 2.05) is 30.3 Å². The molecule has 1 amide bonds. The Hall–Kier alpha value is -1.90. The number of nitrogens with one attached hydrogen (secondary N) is 2. The summed E-state index contributed by atoms with van der Waals surface area (Å²) in [5.74, 6) is 1.34. The van der Waals surface area contributed by atoms with Crippen LogP contribution in [-0.4, -0.2) is 49.4 Å². The molecule has 2 N–H and O–H groups in total. The normalized spacial score (nSPS) is 17.0. The van der Waals surface area contributed by atoms with Gasteiger partial charge in [-0.3, -0.25) is 10.1 Å². The average molecular weight is 376 g/mol. The molecule has 1 aliphatic heterocycles. The first-order valence-corrected chi connectivity index (χ1v) is 10.0. The molecule has 0 aliphatic carbocycles. The second-order valence-corrected chi connectivity index (χ2v) is 8.97. The summed E-state index contributed by atoms with van der Waals surface area (Å²) in [4.78, 5) is 15.6. The lowest BCUT2D eigenvalue weighted by atomic mass is 10.0. The largest absolute Gasteiger partial charge is 0.616 e. The predicted molar refractivity (Wildman–Crippen MR) is 101 cm³/mol. The molecule has 2 heterocycles. The number of carbonyl (C=O) groups is 1. The van der Waals surface area contributed by atoms with Crippen molar-refractivity contribution in [3.05, 3.63) is 30.3 Å². The Morgan fingerprint density at radius 2 is 2.00 bits per heavy atom. The third-order valence-electron chi connectivity index (χ3n) is 4.61. The fraction of sp³-hybridized carbons (Fsp3) is 0.500. The van der Waals surface area contributed by atoms with Gasteiger partial charge in [0.2, 0.25) is 5.95 Å². The van der Waals surface area contributed by atoms with Gasteiger partial charge in [-0.25, -0.2) is 0 Å². The smallest absolute Gasteiger partial charge is 0.282 e. The maximum absolute atomic E-state index is 12.8. The second kappa shape index (κ2) is 8.20. The molecule has 0 radical (unpaired) electrons. The number of rotatable bonds is 6. The molecule has 0 spiro atoms. The summed E-state index contributed by atoms with van der Waals surface area (Å²) in [6.45, 7) is 4.81. The molecule has 1 aromatic carbocycles. The van der Waals surface area contributed by atoms with Crippen LogP contribution in [0.3, 0.4) is 0 Å². The first kappa shape index (κ1) is 18.9. The topological polar surface area (TPSA) is 103 Å². The van der Waals surface area contributed by atoms with E-state index in [-0.39, 0.29) is 11.9 Å². The zero-order valence-electron chi connectivity index (χ0n) is 15.0. The van der Waals surface area contributed by atoms with Crippen LogP contribution in [0.1, 0.15) is 26.7 Å². The van der Waals surface area contributed by atoms with Gasteiger partial charge >= 0.3 is 0 Å². The minimum absolute atomic E-state index is 0.255. The van der Waals surface area contributed by atoms with Gasteiger partial charge in [-0.1, -0.05) is 30.3 Å². The van der Waals surface area contributed by atoms with Crippen LogP contribution in [0.5, 0.6) is 0 Å². The van der Waals surface area contributed by atoms with Crippen molar-refractivity contribution in [1.29, 1.82) is 0 Å². The lowest BCUT2D eigenvalue weighted by molar-refractivity contribution is -0.117. The summed E-state index contributed by atoms with van der Waals surface area (Å²) in [5.41, 5.74) is 0.878. The summed E-state index contributed by atoms with van der Waals surface area (Å²) >= 11 is -1.29. The highest BCUT2D eigenvalue weighted by Crippen LogP contribution is 2.26. The molecule has 1 unspecified atom stereocenters. The van der Waals surface area contributed by atoms with Crippen molar-refractivity contribution in [2.24, 2.45) is 5.92 Å². The summed E-state index contributed by atoms with van der Waals surface area (Å²) in [7, 11) is 0. The number of anilines is 1. The van der Waals surface area contributed by atoms with Gasteiger partial charge in [0, 0.05) is 24.7 Å². The van der Waals surface area contributed by atoms with Crippen molar-refractivity contribution in [2.45, 2.75) is 31.4 Å². The minimum Gasteiger partial charge on any atom is -0.616 e. The summed E-state index contributed by atoms with van der Waals surface area (Å²) < 4.78 is 17.1. The Labute approximate surface area is 156 Å². The van der Waals surface area contributed by atoms with Gasteiger partial charge in [-0.2, -0.15) is 0 Å². The number of carbonyl (C=O) groups excluding carboxylic acids is 1. The van der Waals surface area contributed by atoms with E-state index < -0.39 is 15.9 Å². The number of aromatic amines is 1. The Kier molecular flexibility index (Phi) is 5.95. The number of aromatic nitrogens is 3. The van der Waals surface area contributed by atoms with Gasteiger partial charge in [0.05, 0.1) is 0 Å². The lowest BCUT2D eigenvalue weighted by Gasteiger charge is -2.30. The Morgan fingerprint density at radius 1 is 1.31 bits per heavy atom. The highest BCUT2D eigenvalue weighted by Gasteiger charge is 2.41. The summed E-state index contributed by atoms with van der Waals surface area (Å²) in [6, 6.07) is 9.52. The number of amides is 1. The molecule has 3 rings (SSSR count). The molecule has 1 fully saturated rings. The molecular formula is C18H24N4O3S. The van der Waals surface area contributed by atoms with Crippen LogP contribution >= 0.6 is 0 Å². The average Bonchev–Trinajstić information content (AvgIpc) is 3.11. The predicted octanol–water partition coefficient (Wildman–Crippen LogP) is 2.36. The molecule has 2 aromatic rings. The van der Waals surface area contributed by atoms with Crippen molar-refractivity contribution in [3.8, 4) is 11.4 Å². The van der Waals surface area contributed by atoms with Gasteiger partial charge in [0.25, 0.3) is 5.91 Å². The van der Waals surface area contributed by atoms with E-state index in [1.165, 1.54) is 0 Å². The molecule has 26 heavy (non-hydrogen) atoms. The number of H-pyrrole nitrogens is 1. The van der Waals surface area contributed by atoms with Crippen molar-refractivity contribution < 1.29 is 14.1 Å². The first-order valence-electron chi connectivity index (χ1n) is 8.72. The third kappa shape index (κ3) is 4.44. The van der Waals surface area contributed by atoms with E-state index in [1.54, 1.807) is 13.8 Å². The van der Waals surface area contributed by atoms with Crippen molar-refractivity contribution in [2.75, 3.05) is 24.3 Å². The lowest BCUT2D eigenvalue weighted by Crippen LogP contribution is -2.47. The molecule has 0 bridgehead atoms. The van der Waals surface area contributed by atoms with Crippen LogP contribution < -0.4 is 5.32 Å². The number of nitrogens with zero attached hydrogens (tertiary/aromatic N) is 2. The molecule has 7 nitrogen and oxygen atoms in total. The van der Waals surface area contributed by atoms with Gasteiger partial charge in [0.1, 0.15) is 5.75 Å². The monoisotopic (exact) mass is 376 g/mol. The number of hydrogen-bond acceptors (Lipinski definition) is 5. The fourth-order valence-corrected chi connectivity index (χ4v) is 4.18. The molecule has 140 valence electrons. The van der Waals surface area contributed by atoms with E-state index in [0.717, 1.165) is 18.4 Å². The SMILES string of the molecule is CC(C)(C(=O)Nc1nnc(-c2ccccc2)[nH]1)[S+]([O-])CC1CCOCC1. The molecule has 1 aliphatic rings. The van der Waals surface area contributed by atoms with Crippen LogP contribution in [0.4, 0.5) is 5.95 Å². The maximum Gasteiger partial charge on any atom is 0.282 e. The van der Waals surface area contributed by atoms with E-state index in [4.69, 9.17) is 4.74 Å². The van der Waals surface area contributed by atoms with Crippen molar-refractivity contribution >= 4 is 23.0 Å². The Morgan fingerprint density at radius 3 is 2.69 bits per heavy atom. The fourth-order valence-electron chi connectivity index (χ4n) is 2.74. The van der Waals surface area contributed by atoms with E-state index in [2.05, 4.69) is 20.5 Å². The van der Waals surface area contributed by atoms with Crippen LogP contribution in [0.15, 0.2) is 30.3 Å². The third-order valence-corrected chi connectivity index (χ3v) is 6.71. The van der Waals surface area contributed by atoms with Gasteiger partial charge in [0.15, 0.2) is 10.6 Å². The van der Waals surface area contributed by atoms with E-state index in [9.17, 15) is 9.35 Å². The standard InChI is InChI=1S/C18H24N4O3S/c1-18(2,26(24)12-13-8-10-25-11-9-13)16(23)20-17-19-15(21-22-17)14-6-4-3-5-7-14/h3-7,13H,8-12H2,1-2H3,(H2,19,20,21,22,23). The zero-order valence-corrected chi connectivity index (χ0v) is 15.8. The van der Waals surface area contributed by atoms with Crippen LogP contribution in [0, 0.1) is 5.92 Å². The van der Waals surface area contributed by atoms with E-state index in [0.29, 0.717) is 30.7 Å². The maximum atomic E-state index is 12.8. The Balaban J connectivity index is 1.61. The zero-order chi connectivity index (χ0) is 18.6. The minimum atomic E-state index is -1.29. The van der Waals surface area contributed by atoms with Crippen LogP contribution in [0.2, 0.25) is 0 Å². The molecule has 1 aromatic heterocycles. The quantitative estimate of drug-likeness (QED) is 0.754. The molecule has 1 saturated heterocycles. The molecular weight excluding hydrogens is 352 g/mol. The number of hydrogen-bond donors (Lipinski definition) is 2. The first-order chi connectivity index (χ1) is 12.5. The van der Waals surface area contributed by atoms with Crippen molar-refractivity contribution in [3.63, 3.8) is 0 Å². The number of benzene rings is 1. The van der Waals surface area contributed by atoms with Gasteiger partial charge < -0.3 is 14.3 Å². The number of ether oxygens (including phenoxy) is 1. The summed E-state index contributed by atoms with van der Waals surface area (Å²) in [5, 5.41) is 10.7. The van der Waals surface area contributed by atoms with Crippen LogP contribution in [-0.2, 0) is 20.7 Å². The van der Waals surface area contributed by atoms with Crippen molar-refractivity contribution in [1.82, 2.24) is 15.2 Å². The molecule has 1 atom stereocenters. The molecule has 0 saturated carbocycles. The Bertz CT molecular complexity index is 729. The van der Waals surface area contributed by atoms with Crippen LogP contribution in [0.25, 0.3) is 11.4 Å². The van der Waals surface area contributed by atoms with Gasteiger partial charge in [-0.15, -0.1) is 10.2 Å². The second-order valence-electron chi connectivity index (χ2n) is 6.92. The summed E-state index contributed by atoms with van der Waals surface area (Å²) in [6.07, 6.45) is 1.79. The highest BCUT2D eigenvalue weighted by atomic mass is 32.2. The van der Waals surface area contributed by atoms with E-state index >= 15 is 0 Å². The highest BCUT2D eigenvalue weighted by molar-refractivity contribution is 7.93.